The summed E-state index contributed by atoms with van der Waals surface area (Å²) >= 11 is 0. The Morgan fingerprint density at radius 3 is 2.64 bits per heavy atom. The number of hydrogen-bond acceptors (Lipinski definition) is 3. The highest BCUT2D eigenvalue weighted by Crippen LogP contribution is 2.19. The van der Waals surface area contributed by atoms with Crippen molar-refractivity contribution in [3.63, 3.8) is 0 Å². The molecule has 0 aliphatic heterocycles. The molecule has 0 radical (unpaired) electrons. The smallest absolute Gasteiger partial charge is 0.221 e. The molecule has 0 spiro atoms. The first kappa shape index (κ1) is 20.8. The van der Waals surface area contributed by atoms with Crippen molar-refractivity contribution >= 4 is 11.9 Å². The molecule has 0 bridgehead atoms. The molecule has 0 aliphatic rings. The predicted molar refractivity (Wildman–Crippen MR) is 103 cm³/mol. The molecule has 0 fully saturated rings. The lowest BCUT2D eigenvalue weighted by Crippen LogP contribution is -2.38. The molecule has 1 rings (SSSR count). The molecule has 3 N–H and O–H groups in total. The van der Waals surface area contributed by atoms with Crippen molar-refractivity contribution in [1.82, 2.24) is 16.0 Å². The number of methoxy groups -OCH3 is 1. The summed E-state index contributed by atoms with van der Waals surface area (Å²) in [4.78, 5) is 16.1. The summed E-state index contributed by atoms with van der Waals surface area (Å²) in [5, 5.41) is 9.37. The summed E-state index contributed by atoms with van der Waals surface area (Å²) in [6.45, 7) is 8.85. The molecule has 0 aliphatic carbocycles. The average Bonchev–Trinajstić information content (AvgIpc) is 2.60. The third-order valence-electron chi connectivity index (χ3n) is 3.65. The molecular formula is C19H32N4O2. The number of nitrogens with zero attached hydrogens (tertiary/aromatic N) is 1. The van der Waals surface area contributed by atoms with Crippen LogP contribution in [0.1, 0.15) is 37.8 Å². The van der Waals surface area contributed by atoms with Crippen molar-refractivity contribution in [1.29, 1.82) is 0 Å². The van der Waals surface area contributed by atoms with Gasteiger partial charge in [-0.25, -0.2) is 0 Å². The van der Waals surface area contributed by atoms with E-state index < -0.39 is 0 Å². The summed E-state index contributed by atoms with van der Waals surface area (Å²) in [7, 11) is 1.69. The molecule has 6 heteroatoms. The number of carbonyl (C=O) groups excluding carboxylic acids is 1. The van der Waals surface area contributed by atoms with Crippen LogP contribution in [0.15, 0.2) is 23.2 Å². The molecule has 0 saturated heterocycles. The Labute approximate surface area is 151 Å². The zero-order valence-electron chi connectivity index (χ0n) is 15.9. The van der Waals surface area contributed by atoms with Gasteiger partial charge in [0, 0.05) is 26.1 Å². The number of benzene rings is 1. The number of amides is 1. The Morgan fingerprint density at radius 1 is 1.16 bits per heavy atom. The van der Waals surface area contributed by atoms with Crippen molar-refractivity contribution in [3.8, 4) is 5.75 Å². The first-order valence-electron chi connectivity index (χ1n) is 9.03. The van der Waals surface area contributed by atoms with E-state index in [4.69, 9.17) is 4.74 Å². The third kappa shape index (κ3) is 8.42. The second-order valence-corrected chi connectivity index (χ2v) is 5.85. The predicted octanol–water partition coefficient (Wildman–Crippen LogP) is 2.02. The van der Waals surface area contributed by atoms with Crippen LogP contribution in [-0.2, 0) is 11.2 Å². The average molecular weight is 348 g/mol. The van der Waals surface area contributed by atoms with Gasteiger partial charge in [-0.15, -0.1) is 0 Å². The summed E-state index contributed by atoms with van der Waals surface area (Å²) in [5.74, 6) is 1.69. The van der Waals surface area contributed by atoms with Gasteiger partial charge in [0.25, 0.3) is 0 Å². The van der Waals surface area contributed by atoms with Gasteiger partial charge in [0.2, 0.25) is 5.91 Å². The maximum atomic E-state index is 11.6. The second kappa shape index (κ2) is 12.2. The minimum atomic E-state index is 0.0472. The Balaban J connectivity index is 2.48. The molecule has 1 aromatic rings. The summed E-state index contributed by atoms with van der Waals surface area (Å²) in [6, 6.07) is 6.19. The Hall–Kier alpha value is -2.24. The minimum absolute atomic E-state index is 0.0472. The molecule has 0 unspecified atom stereocenters. The van der Waals surface area contributed by atoms with Gasteiger partial charge in [-0.1, -0.05) is 24.6 Å². The fourth-order valence-corrected chi connectivity index (χ4v) is 2.38. The van der Waals surface area contributed by atoms with E-state index in [1.165, 1.54) is 11.1 Å². The number of rotatable bonds is 10. The lowest BCUT2D eigenvalue weighted by atomic mass is 10.1. The van der Waals surface area contributed by atoms with E-state index in [1.54, 1.807) is 7.11 Å². The largest absolute Gasteiger partial charge is 0.496 e. The number of guanidine groups is 1. The van der Waals surface area contributed by atoms with Crippen molar-refractivity contribution in [2.24, 2.45) is 4.99 Å². The fraction of sp³-hybridized carbons (Fsp3) is 0.579. The molecule has 0 atom stereocenters. The molecule has 1 aromatic carbocycles. The van der Waals surface area contributed by atoms with Crippen molar-refractivity contribution in [2.45, 2.75) is 40.0 Å². The van der Waals surface area contributed by atoms with E-state index in [9.17, 15) is 4.79 Å². The topological polar surface area (TPSA) is 74.8 Å². The van der Waals surface area contributed by atoms with Gasteiger partial charge < -0.3 is 20.7 Å². The van der Waals surface area contributed by atoms with E-state index in [-0.39, 0.29) is 5.91 Å². The molecule has 0 aromatic heterocycles. The number of aliphatic imine (C=N–C) groups is 1. The quantitative estimate of drug-likeness (QED) is 0.447. The first-order chi connectivity index (χ1) is 12.1. The van der Waals surface area contributed by atoms with Gasteiger partial charge in [-0.05, 0) is 38.3 Å². The van der Waals surface area contributed by atoms with Crippen LogP contribution >= 0.6 is 0 Å². The standard InChI is InChI=1S/C19H32N4O2/c1-5-11-21-18(24)10-13-23-19(20-6-2)22-12-9-16-14-15(3)7-8-17(16)25-4/h7-8,14H,5-6,9-13H2,1-4H3,(H,21,24)(H2,20,22,23). The monoisotopic (exact) mass is 348 g/mol. The molecule has 140 valence electrons. The van der Waals surface area contributed by atoms with Crippen LogP contribution in [-0.4, -0.2) is 45.2 Å². The van der Waals surface area contributed by atoms with E-state index >= 15 is 0 Å². The van der Waals surface area contributed by atoms with Crippen LogP contribution in [0.4, 0.5) is 0 Å². The Morgan fingerprint density at radius 2 is 1.96 bits per heavy atom. The zero-order valence-corrected chi connectivity index (χ0v) is 15.9. The second-order valence-electron chi connectivity index (χ2n) is 5.85. The van der Waals surface area contributed by atoms with Gasteiger partial charge in [-0.2, -0.15) is 0 Å². The van der Waals surface area contributed by atoms with Crippen LogP contribution in [0, 0.1) is 6.92 Å². The van der Waals surface area contributed by atoms with Gasteiger partial charge in [-0.3, -0.25) is 9.79 Å². The lowest BCUT2D eigenvalue weighted by molar-refractivity contribution is -0.120. The maximum absolute atomic E-state index is 11.6. The van der Waals surface area contributed by atoms with Crippen LogP contribution < -0.4 is 20.7 Å². The molecule has 6 nitrogen and oxygen atoms in total. The molecule has 25 heavy (non-hydrogen) atoms. The zero-order chi connectivity index (χ0) is 18.5. The summed E-state index contributed by atoms with van der Waals surface area (Å²) < 4.78 is 5.41. The maximum Gasteiger partial charge on any atom is 0.221 e. The van der Waals surface area contributed by atoms with Crippen LogP contribution in [0.5, 0.6) is 5.75 Å². The highest BCUT2D eigenvalue weighted by molar-refractivity contribution is 5.80. The normalized spacial score (nSPS) is 11.1. The highest BCUT2D eigenvalue weighted by atomic mass is 16.5. The number of hydrogen-bond donors (Lipinski definition) is 3. The molecular weight excluding hydrogens is 316 g/mol. The van der Waals surface area contributed by atoms with E-state index in [0.29, 0.717) is 13.0 Å². The van der Waals surface area contributed by atoms with Crippen LogP contribution in [0.2, 0.25) is 0 Å². The number of ether oxygens (including phenoxy) is 1. The van der Waals surface area contributed by atoms with Gasteiger partial charge in [0.15, 0.2) is 5.96 Å². The number of aryl methyl sites for hydroxylation is 1. The van der Waals surface area contributed by atoms with Gasteiger partial charge >= 0.3 is 0 Å². The van der Waals surface area contributed by atoms with E-state index in [0.717, 1.165) is 44.2 Å². The van der Waals surface area contributed by atoms with Crippen molar-refractivity contribution in [3.05, 3.63) is 29.3 Å². The fourth-order valence-electron chi connectivity index (χ4n) is 2.38. The number of carbonyl (C=O) groups is 1. The molecule has 1 amide bonds. The lowest BCUT2D eigenvalue weighted by Gasteiger charge is -2.13. The highest BCUT2D eigenvalue weighted by Gasteiger charge is 2.05. The van der Waals surface area contributed by atoms with Gasteiger partial charge in [0.05, 0.1) is 13.7 Å². The Kier molecular flexibility index (Phi) is 10.1. The molecule has 0 saturated carbocycles. The SMILES string of the molecule is CCCNC(=O)CCN=C(NCC)NCCc1cc(C)ccc1OC. The third-order valence-corrected chi connectivity index (χ3v) is 3.65. The van der Waals surface area contributed by atoms with Crippen molar-refractivity contribution in [2.75, 3.05) is 33.3 Å². The van der Waals surface area contributed by atoms with Crippen LogP contribution in [0.3, 0.4) is 0 Å². The van der Waals surface area contributed by atoms with Crippen molar-refractivity contribution < 1.29 is 9.53 Å². The minimum Gasteiger partial charge on any atom is -0.496 e. The van der Waals surface area contributed by atoms with E-state index in [1.807, 2.05) is 26.0 Å². The number of nitrogens with one attached hydrogen (secondary N) is 3. The van der Waals surface area contributed by atoms with E-state index in [2.05, 4.69) is 33.9 Å². The van der Waals surface area contributed by atoms with Crippen LogP contribution in [0.25, 0.3) is 0 Å². The Bertz CT molecular complexity index is 558. The summed E-state index contributed by atoms with van der Waals surface area (Å²) in [5.41, 5.74) is 2.39. The summed E-state index contributed by atoms with van der Waals surface area (Å²) in [6.07, 6.45) is 2.19. The first-order valence-corrected chi connectivity index (χ1v) is 9.03. The molecule has 0 heterocycles. The van der Waals surface area contributed by atoms with Gasteiger partial charge in [0.1, 0.15) is 5.75 Å².